The van der Waals surface area contributed by atoms with Crippen molar-refractivity contribution in [2.75, 3.05) is 0 Å². The standard InChI is InChI=1S/C14H14F2N2O2/c1-9(2)8-17-5-6-18(14(20)13(17)19)10-3-4-11(15)12(16)7-10/h3-7,9H,8H2,1-2H3. The molecule has 2 rings (SSSR count). The summed E-state index contributed by atoms with van der Waals surface area (Å²) in [6, 6.07) is 3.03. The molecule has 1 aromatic heterocycles. The highest BCUT2D eigenvalue weighted by atomic mass is 19.2. The van der Waals surface area contributed by atoms with Crippen LogP contribution in [0.25, 0.3) is 5.69 Å². The van der Waals surface area contributed by atoms with Crippen LogP contribution in [0.2, 0.25) is 0 Å². The molecule has 0 fully saturated rings. The highest BCUT2D eigenvalue weighted by Crippen LogP contribution is 2.10. The van der Waals surface area contributed by atoms with Gasteiger partial charge in [0.05, 0.1) is 5.69 Å². The number of rotatable bonds is 3. The second-order valence-corrected chi connectivity index (χ2v) is 4.92. The van der Waals surface area contributed by atoms with Gasteiger partial charge in [-0.15, -0.1) is 0 Å². The molecular formula is C14H14F2N2O2. The number of nitrogens with zero attached hydrogens (tertiary/aromatic N) is 2. The van der Waals surface area contributed by atoms with Crippen LogP contribution in [0.5, 0.6) is 0 Å². The van der Waals surface area contributed by atoms with Crippen LogP contribution < -0.4 is 11.1 Å². The Morgan fingerprint density at radius 2 is 1.75 bits per heavy atom. The van der Waals surface area contributed by atoms with E-state index in [1.165, 1.54) is 23.0 Å². The average Bonchev–Trinajstić information content (AvgIpc) is 2.38. The molecule has 0 unspecified atom stereocenters. The molecule has 0 aliphatic heterocycles. The third-order valence-corrected chi connectivity index (χ3v) is 2.80. The number of hydrogen-bond donors (Lipinski definition) is 0. The van der Waals surface area contributed by atoms with Crippen LogP contribution in [0, 0.1) is 17.6 Å². The lowest BCUT2D eigenvalue weighted by atomic mass is 10.2. The van der Waals surface area contributed by atoms with Gasteiger partial charge in [0.1, 0.15) is 0 Å². The lowest BCUT2D eigenvalue weighted by molar-refractivity contribution is 0.501. The maximum absolute atomic E-state index is 13.2. The van der Waals surface area contributed by atoms with Crippen LogP contribution in [0.1, 0.15) is 13.8 Å². The molecule has 1 heterocycles. The van der Waals surface area contributed by atoms with E-state index in [9.17, 15) is 18.4 Å². The summed E-state index contributed by atoms with van der Waals surface area (Å²) in [6.07, 6.45) is 2.84. The Morgan fingerprint density at radius 1 is 1.05 bits per heavy atom. The van der Waals surface area contributed by atoms with Crippen LogP contribution in [0.3, 0.4) is 0 Å². The Labute approximate surface area is 113 Å². The molecule has 0 radical (unpaired) electrons. The van der Waals surface area contributed by atoms with E-state index in [0.717, 1.165) is 16.7 Å². The van der Waals surface area contributed by atoms with E-state index < -0.39 is 22.8 Å². The Balaban J connectivity index is 2.54. The van der Waals surface area contributed by atoms with Crippen LogP contribution in [-0.4, -0.2) is 9.13 Å². The summed E-state index contributed by atoms with van der Waals surface area (Å²) in [4.78, 5) is 23.9. The normalized spacial score (nSPS) is 11.1. The Hall–Kier alpha value is -2.24. The first kappa shape index (κ1) is 14.2. The number of benzene rings is 1. The van der Waals surface area contributed by atoms with Crippen LogP contribution >= 0.6 is 0 Å². The fourth-order valence-electron chi connectivity index (χ4n) is 1.88. The van der Waals surface area contributed by atoms with Gasteiger partial charge in [-0.1, -0.05) is 13.8 Å². The fourth-order valence-corrected chi connectivity index (χ4v) is 1.88. The number of hydrogen-bond acceptors (Lipinski definition) is 2. The van der Waals surface area contributed by atoms with Gasteiger partial charge in [-0.05, 0) is 18.1 Å². The van der Waals surface area contributed by atoms with Crippen molar-refractivity contribution in [1.29, 1.82) is 0 Å². The maximum Gasteiger partial charge on any atom is 0.320 e. The monoisotopic (exact) mass is 280 g/mol. The van der Waals surface area contributed by atoms with Gasteiger partial charge in [-0.2, -0.15) is 0 Å². The molecule has 106 valence electrons. The van der Waals surface area contributed by atoms with E-state index in [-0.39, 0.29) is 11.6 Å². The first-order chi connectivity index (χ1) is 9.40. The van der Waals surface area contributed by atoms with Crippen molar-refractivity contribution in [2.24, 2.45) is 5.92 Å². The van der Waals surface area contributed by atoms with Gasteiger partial charge in [0.2, 0.25) is 0 Å². The van der Waals surface area contributed by atoms with Crippen molar-refractivity contribution in [3.8, 4) is 5.69 Å². The SMILES string of the molecule is CC(C)Cn1ccn(-c2ccc(F)c(F)c2)c(=O)c1=O. The molecule has 2 aromatic rings. The molecule has 0 amide bonds. The summed E-state index contributed by atoms with van der Waals surface area (Å²) in [7, 11) is 0. The molecule has 0 spiro atoms. The third-order valence-electron chi connectivity index (χ3n) is 2.80. The summed E-state index contributed by atoms with van der Waals surface area (Å²) >= 11 is 0. The van der Waals surface area contributed by atoms with Gasteiger partial charge in [-0.25, -0.2) is 8.78 Å². The van der Waals surface area contributed by atoms with Crippen molar-refractivity contribution in [1.82, 2.24) is 9.13 Å². The molecule has 0 bridgehead atoms. The lowest BCUT2D eigenvalue weighted by Gasteiger charge is -2.10. The summed E-state index contributed by atoms with van der Waals surface area (Å²) in [5.41, 5.74) is -1.37. The first-order valence-corrected chi connectivity index (χ1v) is 6.17. The smallest absolute Gasteiger partial charge is 0.309 e. The predicted octanol–water partition coefficient (Wildman–Crippen LogP) is 1.93. The molecule has 1 aromatic carbocycles. The van der Waals surface area contributed by atoms with Gasteiger partial charge in [0, 0.05) is 25.0 Å². The molecular weight excluding hydrogens is 266 g/mol. The Morgan fingerprint density at radius 3 is 2.35 bits per heavy atom. The zero-order valence-electron chi connectivity index (χ0n) is 11.1. The minimum absolute atomic E-state index is 0.114. The van der Waals surface area contributed by atoms with Crippen LogP contribution in [-0.2, 0) is 6.54 Å². The van der Waals surface area contributed by atoms with Gasteiger partial charge in [0.15, 0.2) is 11.6 Å². The van der Waals surface area contributed by atoms with Crippen molar-refractivity contribution in [3.05, 3.63) is 62.9 Å². The second kappa shape index (κ2) is 5.40. The molecule has 0 saturated heterocycles. The zero-order chi connectivity index (χ0) is 14.9. The van der Waals surface area contributed by atoms with Crippen LogP contribution in [0.4, 0.5) is 8.78 Å². The Bertz CT molecular complexity index is 748. The van der Waals surface area contributed by atoms with Crippen molar-refractivity contribution in [3.63, 3.8) is 0 Å². The highest BCUT2D eigenvalue weighted by Gasteiger charge is 2.10. The van der Waals surface area contributed by atoms with Gasteiger partial charge < -0.3 is 4.57 Å². The molecule has 0 aliphatic carbocycles. The predicted molar refractivity (Wildman–Crippen MR) is 71.1 cm³/mol. The van der Waals surface area contributed by atoms with E-state index >= 15 is 0 Å². The Kier molecular flexibility index (Phi) is 3.83. The largest absolute Gasteiger partial charge is 0.320 e. The van der Waals surface area contributed by atoms with Gasteiger partial charge in [-0.3, -0.25) is 14.2 Å². The van der Waals surface area contributed by atoms with Gasteiger partial charge >= 0.3 is 11.1 Å². The average molecular weight is 280 g/mol. The zero-order valence-corrected chi connectivity index (χ0v) is 11.1. The molecule has 6 heteroatoms. The van der Waals surface area contributed by atoms with E-state index in [2.05, 4.69) is 0 Å². The van der Waals surface area contributed by atoms with Crippen molar-refractivity contribution < 1.29 is 8.78 Å². The highest BCUT2D eigenvalue weighted by molar-refractivity contribution is 5.32. The first-order valence-electron chi connectivity index (χ1n) is 6.17. The summed E-state index contributed by atoms with van der Waals surface area (Å²) in [6.45, 7) is 4.27. The summed E-state index contributed by atoms with van der Waals surface area (Å²) in [5.74, 6) is -1.86. The molecule has 4 nitrogen and oxygen atoms in total. The molecule has 0 aliphatic rings. The number of aromatic nitrogens is 2. The third kappa shape index (κ3) is 2.68. The van der Waals surface area contributed by atoms with Crippen LogP contribution in [0.15, 0.2) is 40.2 Å². The quantitative estimate of drug-likeness (QED) is 0.806. The van der Waals surface area contributed by atoms with Crippen molar-refractivity contribution in [2.45, 2.75) is 20.4 Å². The second-order valence-electron chi connectivity index (χ2n) is 4.92. The number of halogens is 2. The van der Waals surface area contributed by atoms with E-state index in [1.807, 2.05) is 13.8 Å². The molecule has 0 saturated carbocycles. The van der Waals surface area contributed by atoms with E-state index in [4.69, 9.17) is 0 Å². The van der Waals surface area contributed by atoms with Gasteiger partial charge in [0.25, 0.3) is 0 Å². The summed E-state index contributed by atoms with van der Waals surface area (Å²) in [5, 5.41) is 0. The molecule has 20 heavy (non-hydrogen) atoms. The minimum Gasteiger partial charge on any atom is -0.309 e. The summed E-state index contributed by atoms with van der Waals surface area (Å²) < 4.78 is 28.4. The van der Waals surface area contributed by atoms with Crippen molar-refractivity contribution >= 4 is 0 Å². The van der Waals surface area contributed by atoms with E-state index in [0.29, 0.717) is 6.54 Å². The topological polar surface area (TPSA) is 44.0 Å². The van der Waals surface area contributed by atoms with E-state index in [1.54, 1.807) is 0 Å². The minimum atomic E-state index is -1.07. The molecule has 0 N–H and O–H groups in total. The fraction of sp³-hybridized carbons (Fsp3) is 0.286. The lowest BCUT2D eigenvalue weighted by Crippen LogP contribution is -2.40. The maximum atomic E-state index is 13.2. The molecule has 0 atom stereocenters.